The number of nitrogens with one attached hydrogen (secondary N) is 1. The number of thioether (sulfide) groups is 1. The maximum absolute atomic E-state index is 15.4. The highest BCUT2D eigenvalue weighted by Gasteiger charge is 2.51. The van der Waals surface area contributed by atoms with Gasteiger partial charge in [0.2, 0.25) is 5.95 Å². The summed E-state index contributed by atoms with van der Waals surface area (Å²) in [7, 11) is 0. The number of thiol groups is 1. The van der Waals surface area contributed by atoms with Gasteiger partial charge < -0.3 is 26.4 Å². The van der Waals surface area contributed by atoms with Gasteiger partial charge >= 0.3 is 6.80 Å². The molecule has 1 unspecified atom stereocenters. The third-order valence-electron chi connectivity index (χ3n) is 6.78. The Morgan fingerprint density at radius 3 is 2.64 bits per heavy atom. The molecule has 2 aliphatic rings. The average Bonchev–Trinajstić information content (AvgIpc) is 3.69. The first-order chi connectivity index (χ1) is 20.0. The van der Waals surface area contributed by atoms with Crippen molar-refractivity contribution in [2.75, 3.05) is 24.7 Å². The number of fused-ring (bicyclic) bond motifs is 2. The Hall–Kier alpha value is -2.91. The largest absolute Gasteiger partial charge is 0.395 e. The van der Waals surface area contributed by atoms with Crippen LogP contribution in [0, 0.1) is 0 Å². The number of H-pyrrole nitrogens is 1. The van der Waals surface area contributed by atoms with Crippen LogP contribution in [0.1, 0.15) is 11.6 Å². The number of halogens is 2. The first-order valence-electron chi connectivity index (χ1n) is 12.2. The van der Waals surface area contributed by atoms with Crippen LogP contribution in [0.4, 0.5) is 20.5 Å². The van der Waals surface area contributed by atoms with E-state index in [0.29, 0.717) is 0 Å². The number of hydrogen-bond donors (Lipinski definition) is 6. The van der Waals surface area contributed by atoms with Crippen molar-refractivity contribution in [3.63, 3.8) is 0 Å². The standard InChI is InChI=1S/C20H23F2N10O7PS2/c21-8-7(1-33)42-19(32-5-28-11-16(32)29-20(24)30-17(11)35)13(8)39-40(36,41)37-2-6-12(34)9(22)18(38-6)31-4-27-10-14(23)25-3-26-15(10)31/h3-9,12-13,18-19,33-34H,1-2H2,(H,36,41)(H2,23,25,26)(H3,24,29,30,35)/t6-,7-,8+,9+,12-,13-,18-,19-,40?/m1/s1. The van der Waals surface area contributed by atoms with E-state index in [0.717, 1.165) is 18.1 Å². The van der Waals surface area contributed by atoms with Crippen molar-refractivity contribution in [3.8, 4) is 0 Å². The van der Waals surface area contributed by atoms with E-state index in [9.17, 15) is 19.6 Å². The summed E-state index contributed by atoms with van der Waals surface area (Å²) < 4.78 is 62.7. The van der Waals surface area contributed by atoms with Gasteiger partial charge in [-0.25, -0.2) is 33.3 Å². The minimum absolute atomic E-state index is 0.00427. The van der Waals surface area contributed by atoms with Gasteiger partial charge in [0.05, 0.1) is 31.1 Å². The second-order valence-corrected chi connectivity index (χ2v) is 13.6. The maximum atomic E-state index is 15.4. The number of aromatic nitrogens is 8. The Balaban J connectivity index is 1.19. The van der Waals surface area contributed by atoms with Crippen molar-refractivity contribution in [3.05, 3.63) is 29.3 Å². The SMILES string of the molecule is Nc1nc2c(ncn2[C@@H]2S[C@H](CO)[C@H](F)[C@H]2OP(=O)(S)OC[C@H]2O[C@@H](n3cnc4c(N)ncnc43)[C@@H](F)[C@@H]2O)c(=O)[nH]1. The zero-order chi connectivity index (χ0) is 29.9. The molecule has 226 valence electrons. The average molecular weight is 649 g/mol. The van der Waals surface area contributed by atoms with Crippen LogP contribution < -0.4 is 17.0 Å². The number of nitrogens with zero attached hydrogens (tertiary/aromatic N) is 7. The molecule has 2 aliphatic heterocycles. The van der Waals surface area contributed by atoms with Gasteiger partial charge in [-0.3, -0.25) is 28.0 Å². The van der Waals surface area contributed by atoms with Crippen LogP contribution in [-0.4, -0.2) is 98.4 Å². The third-order valence-corrected chi connectivity index (χ3v) is 9.93. The zero-order valence-electron chi connectivity index (χ0n) is 21.0. The molecule has 6 heterocycles. The first-order valence-corrected chi connectivity index (χ1v) is 15.8. The molecule has 0 spiro atoms. The predicted molar refractivity (Wildman–Crippen MR) is 147 cm³/mol. The first kappa shape index (κ1) is 29.2. The van der Waals surface area contributed by atoms with Crippen LogP contribution in [0.15, 0.2) is 23.8 Å². The lowest BCUT2D eigenvalue weighted by Gasteiger charge is -2.25. The Kier molecular flexibility index (Phi) is 7.63. The van der Waals surface area contributed by atoms with Crippen molar-refractivity contribution in [2.45, 2.75) is 47.5 Å². The van der Waals surface area contributed by atoms with Gasteiger partial charge in [0.1, 0.15) is 41.7 Å². The molecule has 0 aliphatic carbocycles. The Morgan fingerprint density at radius 2 is 1.88 bits per heavy atom. The second-order valence-electron chi connectivity index (χ2n) is 9.38. The second kappa shape index (κ2) is 11.0. The number of rotatable bonds is 8. The van der Waals surface area contributed by atoms with Gasteiger partial charge in [-0.2, -0.15) is 4.98 Å². The number of nitrogens with two attached hydrogens (primary N) is 2. The van der Waals surface area contributed by atoms with Crippen molar-refractivity contribution in [2.24, 2.45) is 0 Å². The number of hydrogen-bond acceptors (Lipinski definition) is 15. The number of aliphatic hydroxyl groups is 2. The van der Waals surface area contributed by atoms with Crippen LogP contribution in [0.5, 0.6) is 0 Å². The lowest BCUT2D eigenvalue weighted by molar-refractivity contribution is -0.0443. The molecule has 0 aromatic carbocycles. The van der Waals surface area contributed by atoms with Crippen LogP contribution in [0.3, 0.4) is 0 Å². The molecular formula is C20H23F2N10O7PS2. The van der Waals surface area contributed by atoms with Gasteiger partial charge in [-0.05, 0) is 0 Å². The molecule has 4 aromatic heterocycles. The topological polar surface area (TPSA) is 244 Å². The van der Waals surface area contributed by atoms with E-state index in [1.807, 2.05) is 0 Å². The minimum atomic E-state index is -4.42. The molecule has 22 heteroatoms. The predicted octanol–water partition coefficient (Wildman–Crippen LogP) is 0.104. The molecule has 42 heavy (non-hydrogen) atoms. The number of aliphatic hydroxyl groups excluding tert-OH is 2. The summed E-state index contributed by atoms with van der Waals surface area (Å²) in [6, 6.07) is 0. The Bertz CT molecular complexity index is 1740. The Morgan fingerprint density at radius 1 is 1.14 bits per heavy atom. The number of ether oxygens (including phenoxy) is 1. The molecule has 0 bridgehead atoms. The number of aromatic amines is 1. The summed E-state index contributed by atoms with van der Waals surface area (Å²) in [4.78, 5) is 34.4. The van der Waals surface area contributed by atoms with Crippen LogP contribution >= 0.6 is 30.8 Å². The summed E-state index contributed by atoms with van der Waals surface area (Å²) in [6.45, 7) is -5.67. The summed E-state index contributed by atoms with van der Waals surface area (Å²) in [5.74, 6) is -0.152. The molecule has 0 radical (unpaired) electrons. The highest BCUT2D eigenvalue weighted by molar-refractivity contribution is 8.44. The molecule has 0 amide bonds. The highest BCUT2D eigenvalue weighted by atomic mass is 32.7. The van der Waals surface area contributed by atoms with E-state index >= 15 is 8.78 Å². The summed E-state index contributed by atoms with van der Waals surface area (Å²) in [6.07, 6.45) is -6.24. The molecule has 2 fully saturated rings. The monoisotopic (exact) mass is 648 g/mol. The molecule has 9 atom stereocenters. The van der Waals surface area contributed by atoms with E-state index in [4.69, 9.17) is 25.3 Å². The fraction of sp³-hybridized carbons (Fsp3) is 0.500. The van der Waals surface area contributed by atoms with Gasteiger partial charge in [0, 0.05) is 0 Å². The number of nitrogen functional groups attached to an aromatic ring is 2. The third kappa shape index (κ3) is 5.02. The summed E-state index contributed by atoms with van der Waals surface area (Å²) in [5, 5.41) is 18.1. The minimum Gasteiger partial charge on any atom is -0.395 e. The van der Waals surface area contributed by atoms with Crippen LogP contribution in [0.2, 0.25) is 0 Å². The van der Waals surface area contributed by atoms with Crippen molar-refractivity contribution >= 4 is 64.9 Å². The highest BCUT2D eigenvalue weighted by Crippen LogP contribution is 2.59. The fourth-order valence-electron chi connectivity index (χ4n) is 4.78. The lowest BCUT2D eigenvalue weighted by Crippen LogP contribution is -2.33. The smallest absolute Gasteiger partial charge is 0.386 e. The van der Waals surface area contributed by atoms with Gasteiger partial charge in [0.25, 0.3) is 5.56 Å². The summed E-state index contributed by atoms with van der Waals surface area (Å²) in [5.41, 5.74) is 11.1. The van der Waals surface area contributed by atoms with Crippen molar-refractivity contribution in [1.29, 1.82) is 0 Å². The molecular weight excluding hydrogens is 625 g/mol. The van der Waals surface area contributed by atoms with Gasteiger partial charge in [0.15, 0.2) is 35.0 Å². The quantitative estimate of drug-likeness (QED) is 0.110. The lowest BCUT2D eigenvalue weighted by atomic mass is 10.1. The van der Waals surface area contributed by atoms with Gasteiger partial charge in [-0.1, -0.05) is 12.2 Å². The van der Waals surface area contributed by atoms with E-state index < -0.39 is 73.1 Å². The van der Waals surface area contributed by atoms with Crippen molar-refractivity contribution < 1.29 is 37.3 Å². The molecule has 0 saturated carbocycles. The molecule has 4 aromatic rings. The molecule has 7 N–H and O–H groups in total. The zero-order valence-corrected chi connectivity index (χ0v) is 23.6. The van der Waals surface area contributed by atoms with E-state index in [1.54, 1.807) is 0 Å². The van der Waals surface area contributed by atoms with E-state index in [2.05, 4.69) is 42.2 Å². The van der Waals surface area contributed by atoms with Crippen LogP contribution in [-0.2, 0) is 18.3 Å². The normalized spacial score (nSPS) is 31.3. The van der Waals surface area contributed by atoms with E-state index in [1.165, 1.54) is 21.8 Å². The molecule has 2 saturated heterocycles. The maximum Gasteiger partial charge on any atom is 0.386 e. The van der Waals surface area contributed by atoms with Crippen molar-refractivity contribution in [1.82, 2.24) is 39.0 Å². The van der Waals surface area contributed by atoms with Gasteiger partial charge in [-0.15, -0.1) is 11.8 Å². The number of anilines is 2. The Labute approximate surface area is 242 Å². The summed E-state index contributed by atoms with van der Waals surface area (Å²) >= 11 is 4.88. The molecule has 17 nitrogen and oxygen atoms in total. The molecule has 6 rings (SSSR count). The number of alkyl halides is 2. The fourth-order valence-corrected chi connectivity index (χ4v) is 7.72. The van der Waals surface area contributed by atoms with Crippen LogP contribution in [0.25, 0.3) is 22.3 Å². The van der Waals surface area contributed by atoms with E-state index in [-0.39, 0.29) is 34.1 Å². The number of imidazole rings is 2.